The van der Waals surface area contributed by atoms with Crippen molar-refractivity contribution in [2.24, 2.45) is 0 Å². The van der Waals surface area contributed by atoms with Gasteiger partial charge in [0.1, 0.15) is 0 Å². The van der Waals surface area contributed by atoms with Crippen LogP contribution < -0.4 is 0 Å². The molecule has 0 saturated carbocycles. The SMILES string of the molecule is O=C(c1cc(CO)c(Cl)s1)c1cc(CO)c(Cl)s1. The van der Waals surface area contributed by atoms with Gasteiger partial charge in [0.15, 0.2) is 0 Å². The van der Waals surface area contributed by atoms with E-state index in [0.717, 1.165) is 22.7 Å². The molecule has 2 N–H and O–H groups in total. The van der Waals surface area contributed by atoms with Gasteiger partial charge in [-0.2, -0.15) is 0 Å². The molecule has 2 aromatic heterocycles. The zero-order valence-electron chi connectivity index (χ0n) is 8.94. The van der Waals surface area contributed by atoms with Crippen molar-refractivity contribution in [3.8, 4) is 0 Å². The van der Waals surface area contributed by atoms with Crippen LogP contribution >= 0.6 is 45.9 Å². The molecule has 2 aromatic rings. The smallest absolute Gasteiger partial charge is 0.212 e. The summed E-state index contributed by atoms with van der Waals surface area (Å²) < 4.78 is 0.816. The molecule has 96 valence electrons. The Morgan fingerprint density at radius 3 is 1.67 bits per heavy atom. The van der Waals surface area contributed by atoms with E-state index in [1.165, 1.54) is 0 Å². The van der Waals surface area contributed by atoms with E-state index >= 15 is 0 Å². The summed E-state index contributed by atoms with van der Waals surface area (Å²) in [6, 6.07) is 3.14. The molecular formula is C11H8Cl2O3S2. The first-order valence-corrected chi connectivity index (χ1v) is 7.28. The topological polar surface area (TPSA) is 57.5 Å². The van der Waals surface area contributed by atoms with Gasteiger partial charge in [-0.05, 0) is 12.1 Å². The van der Waals surface area contributed by atoms with Crippen LogP contribution in [-0.2, 0) is 13.2 Å². The molecule has 0 atom stereocenters. The summed E-state index contributed by atoms with van der Waals surface area (Å²) in [4.78, 5) is 13.1. The van der Waals surface area contributed by atoms with Crippen molar-refractivity contribution in [2.45, 2.75) is 13.2 Å². The average molecular weight is 323 g/mol. The lowest BCUT2D eigenvalue weighted by molar-refractivity contribution is 0.104. The van der Waals surface area contributed by atoms with Gasteiger partial charge in [0.2, 0.25) is 5.78 Å². The van der Waals surface area contributed by atoms with Gasteiger partial charge in [0, 0.05) is 11.1 Å². The Hall–Kier alpha value is -0.430. The zero-order valence-corrected chi connectivity index (χ0v) is 12.1. The van der Waals surface area contributed by atoms with Gasteiger partial charge in [-0.1, -0.05) is 23.2 Å². The number of hydrogen-bond acceptors (Lipinski definition) is 5. The first-order valence-electron chi connectivity index (χ1n) is 4.89. The maximum absolute atomic E-state index is 12.1. The zero-order chi connectivity index (χ0) is 13.3. The standard InChI is InChI=1S/C11H8Cl2O3S2/c12-10-5(3-14)1-7(17-10)9(16)8-2-6(4-15)11(13)18-8/h1-2,14-15H,3-4H2. The molecule has 0 saturated heterocycles. The molecule has 7 heteroatoms. The molecule has 0 unspecified atom stereocenters. The highest BCUT2D eigenvalue weighted by Crippen LogP contribution is 2.33. The quantitative estimate of drug-likeness (QED) is 0.849. The molecule has 2 rings (SSSR count). The molecule has 0 fully saturated rings. The first-order chi connectivity index (χ1) is 8.56. The maximum atomic E-state index is 12.1. The van der Waals surface area contributed by atoms with Gasteiger partial charge < -0.3 is 10.2 Å². The number of ketones is 1. The molecule has 18 heavy (non-hydrogen) atoms. The second-order valence-corrected chi connectivity index (χ2v) is 6.77. The van der Waals surface area contributed by atoms with Gasteiger partial charge in [-0.15, -0.1) is 22.7 Å². The van der Waals surface area contributed by atoms with Gasteiger partial charge >= 0.3 is 0 Å². The summed E-state index contributed by atoms with van der Waals surface area (Å²) in [5.74, 6) is -0.201. The third-order valence-corrected chi connectivity index (χ3v) is 5.18. The minimum Gasteiger partial charge on any atom is -0.392 e. The van der Waals surface area contributed by atoms with Crippen LogP contribution in [0.4, 0.5) is 0 Å². The average Bonchev–Trinajstić information content (AvgIpc) is 2.91. The van der Waals surface area contributed by atoms with Crippen LogP contribution in [0.3, 0.4) is 0 Å². The number of aliphatic hydroxyl groups is 2. The Kier molecular flexibility index (Phi) is 4.42. The van der Waals surface area contributed by atoms with Crippen molar-refractivity contribution in [1.29, 1.82) is 0 Å². The van der Waals surface area contributed by atoms with Crippen molar-refractivity contribution < 1.29 is 15.0 Å². The Balaban J connectivity index is 2.34. The van der Waals surface area contributed by atoms with E-state index in [9.17, 15) is 4.79 Å². The van der Waals surface area contributed by atoms with Crippen LogP contribution in [0.1, 0.15) is 25.7 Å². The van der Waals surface area contributed by atoms with Crippen LogP contribution in [0, 0.1) is 0 Å². The van der Waals surface area contributed by atoms with E-state index in [1.54, 1.807) is 12.1 Å². The predicted octanol–water partition coefficient (Wildman–Crippen LogP) is 3.33. The third-order valence-electron chi connectivity index (χ3n) is 2.30. The molecule has 0 radical (unpaired) electrons. The van der Waals surface area contributed by atoms with Crippen molar-refractivity contribution in [3.63, 3.8) is 0 Å². The summed E-state index contributed by atoms with van der Waals surface area (Å²) in [5, 5.41) is 18.1. The van der Waals surface area contributed by atoms with Crippen LogP contribution in [0.2, 0.25) is 8.67 Å². The normalized spacial score (nSPS) is 10.9. The largest absolute Gasteiger partial charge is 0.392 e. The fraction of sp³-hybridized carbons (Fsp3) is 0.182. The lowest BCUT2D eigenvalue weighted by Crippen LogP contribution is -1.94. The van der Waals surface area contributed by atoms with Gasteiger partial charge in [0.25, 0.3) is 0 Å². The van der Waals surface area contributed by atoms with Crippen LogP contribution in [0.15, 0.2) is 12.1 Å². The minimum absolute atomic E-state index is 0.199. The monoisotopic (exact) mass is 322 g/mol. The highest BCUT2D eigenvalue weighted by atomic mass is 35.5. The fourth-order valence-electron chi connectivity index (χ4n) is 1.37. The Morgan fingerprint density at radius 1 is 1.00 bits per heavy atom. The second kappa shape index (κ2) is 5.69. The highest BCUT2D eigenvalue weighted by Gasteiger charge is 2.18. The van der Waals surface area contributed by atoms with E-state index < -0.39 is 0 Å². The van der Waals surface area contributed by atoms with E-state index in [4.69, 9.17) is 33.4 Å². The molecule has 0 aliphatic rings. The number of carbonyl (C=O) groups is 1. The summed E-state index contributed by atoms with van der Waals surface area (Å²) in [7, 11) is 0. The van der Waals surface area contributed by atoms with Crippen molar-refractivity contribution >= 4 is 51.7 Å². The van der Waals surface area contributed by atoms with Crippen LogP contribution in [0.25, 0.3) is 0 Å². The number of rotatable bonds is 4. The number of aliphatic hydroxyl groups excluding tert-OH is 2. The fourth-order valence-corrected chi connectivity index (χ4v) is 3.87. The minimum atomic E-state index is -0.201. The lowest BCUT2D eigenvalue weighted by atomic mass is 10.2. The maximum Gasteiger partial charge on any atom is 0.212 e. The Bertz CT molecular complexity index is 539. The number of carbonyl (C=O) groups excluding carboxylic acids is 1. The molecule has 0 aliphatic carbocycles. The second-order valence-electron chi connectivity index (χ2n) is 3.46. The molecule has 0 aliphatic heterocycles. The van der Waals surface area contributed by atoms with Crippen molar-refractivity contribution in [3.05, 3.63) is 41.7 Å². The summed E-state index contributed by atoms with van der Waals surface area (Å²) in [6.45, 7) is -0.397. The van der Waals surface area contributed by atoms with E-state index in [-0.39, 0.29) is 19.0 Å². The summed E-state index contributed by atoms with van der Waals surface area (Å²) in [6.07, 6.45) is 0. The molecule has 0 bridgehead atoms. The molecule has 3 nitrogen and oxygen atoms in total. The molecule has 0 aromatic carbocycles. The van der Waals surface area contributed by atoms with Crippen molar-refractivity contribution in [1.82, 2.24) is 0 Å². The molecular weight excluding hydrogens is 315 g/mol. The Morgan fingerprint density at radius 2 is 1.39 bits per heavy atom. The Labute approximate surface area is 121 Å². The molecule has 0 amide bonds. The highest BCUT2D eigenvalue weighted by molar-refractivity contribution is 7.21. The first kappa shape index (κ1) is 14.0. The molecule has 2 heterocycles. The van der Waals surface area contributed by atoms with E-state index in [2.05, 4.69) is 0 Å². The lowest BCUT2D eigenvalue weighted by Gasteiger charge is -1.91. The van der Waals surface area contributed by atoms with Crippen LogP contribution in [-0.4, -0.2) is 16.0 Å². The van der Waals surface area contributed by atoms with Crippen molar-refractivity contribution in [2.75, 3.05) is 0 Å². The number of thiophene rings is 2. The van der Waals surface area contributed by atoms with Gasteiger partial charge in [-0.3, -0.25) is 4.79 Å². The van der Waals surface area contributed by atoms with Gasteiger partial charge in [0.05, 0.1) is 31.6 Å². The third kappa shape index (κ3) is 2.61. The summed E-state index contributed by atoms with van der Waals surface area (Å²) in [5.41, 5.74) is 1.07. The number of halogens is 2. The number of hydrogen-bond donors (Lipinski definition) is 2. The van der Waals surface area contributed by atoms with E-state index in [1.807, 2.05) is 0 Å². The summed E-state index contributed by atoms with van der Waals surface area (Å²) >= 11 is 14.0. The van der Waals surface area contributed by atoms with E-state index in [0.29, 0.717) is 29.6 Å². The predicted molar refractivity (Wildman–Crippen MR) is 73.9 cm³/mol. The molecule has 0 spiro atoms. The van der Waals surface area contributed by atoms with Gasteiger partial charge in [-0.25, -0.2) is 0 Å². The van der Waals surface area contributed by atoms with Crippen LogP contribution in [0.5, 0.6) is 0 Å².